The SMILES string of the molecule is C=CCCC(=O)OC[C@H](NC(=O)[C@@H]1[C@H]2C(=O)N([C@@H](CO)Cc3ccccc3)[C@H](C(=O)N(CC=C)C(C)CCC)[C@]23CC[C@H]1O3)c1ccccc1. The molecular formula is C40H51N3O7. The van der Waals surface area contributed by atoms with Gasteiger partial charge in [-0.2, -0.15) is 0 Å². The number of nitrogens with zero attached hydrogens (tertiary/aromatic N) is 2. The Labute approximate surface area is 295 Å². The van der Waals surface area contributed by atoms with Crippen LogP contribution in [0.25, 0.3) is 0 Å². The van der Waals surface area contributed by atoms with E-state index in [1.165, 1.54) is 4.90 Å². The minimum Gasteiger partial charge on any atom is -0.463 e. The highest BCUT2D eigenvalue weighted by atomic mass is 16.5. The largest absolute Gasteiger partial charge is 0.463 e. The number of allylic oxidation sites excluding steroid dienone is 1. The minimum absolute atomic E-state index is 0.0868. The van der Waals surface area contributed by atoms with Gasteiger partial charge in [-0.1, -0.05) is 86.2 Å². The Bertz CT molecular complexity index is 1520. The maximum atomic E-state index is 14.8. The predicted octanol–water partition coefficient (Wildman–Crippen LogP) is 4.53. The fraction of sp³-hybridized carbons (Fsp3) is 0.500. The summed E-state index contributed by atoms with van der Waals surface area (Å²) in [6, 6.07) is 16.2. The lowest BCUT2D eigenvalue weighted by Crippen LogP contribution is -2.60. The number of carbonyl (C=O) groups is 4. The average Bonchev–Trinajstić information content (AvgIpc) is 3.78. The van der Waals surface area contributed by atoms with E-state index in [0.717, 1.165) is 24.0 Å². The second-order valence-corrected chi connectivity index (χ2v) is 13.7. The molecule has 3 fully saturated rings. The smallest absolute Gasteiger partial charge is 0.306 e. The molecule has 3 saturated heterocycles. The third-order valence-corrected chi connectivity index (χ3v) is 10.5. The van der Waals surface area contributed by atoms with E-state index in [1.54, 1.807) is 17.1 Å². The highest BCUT2D eigenvalue weighted by Gasteiger charge is 2.75. The van der Waals surface area contributed by atoms with Gasteiger partial charge in [0.15, 0.2) is 0 Å². The van der Waals surface area contributed by atoms with Crippen LogP contribution in [-0.4, -0.2) is 88.2 Å². The van der Waals surface area contributed by atoms with Crippen LogP contribution >= 0.6 is 0 Å². The number of esters is 1. The highest BCUT2D eigenvalue weighted by Crippen LogP contribution is 2.59. The Balaban J connectivity index is 1.50. The van der Waals surface area contributed by atoms with Gasteiger partial charge in [-0.15, -0.1) is 13.2 Å². The standard InChI is InChI=1S/C40H51N3O7/c1-5-8-20-33(45)49-26-31(29-18-13-10-14-19-29)41-37(46)34-32-21-22-40(50-32)35(34)38(47)43(30(25-44)24-28-16-11-9-12-17-28)36(40)39(48)42(23-7-3)27(4)15-6-2/h5,7,9-14,16-19,27,30-32,34-36,44H,1,3,6,8,15,20-26H2,2,4H3,(H,41,46)/t27?,30-,31+,32-,34+,35+,36-,40+/m1/s1. The maximum absolute atomic E-state index is 14.8. The van der Waals surface area contributed by atoms with Crippen molar-refractivity contribution in [1.29, 1.82) is 0 Å². The first kappa shape index (κ1) is 37.0. The van der Waals surface area contributed by atoms with Crippen LogP contribution in [0.4, 0.5) is 0 Å². The molecule has 8 atom stereocenters. The number of ether oxygens (including phenoxy) is 2. The summed E-state index contributed by atoms with van der Waals surface area (Å²) in [4.78, 5) is 59.8. The molecule has 10 nitrogen and oxygen atoms in total. The molecule has 2 aromatic carbocycles. The molecule has 3 aliphatic heterocycles. The minimum atomic E-state index is -1.24. The van der Waals surface area contributed by atoms with Crippen molar-refractivity contribution in [2.45, 2.75) is 94.7 Å². The Morgan fingerprint density at radius 2 is 1.82 bits per heavy atom. The van der Waals surface area contributed by atoms with E-state index < -0.39 is 53.5 Å². The number of carbonyl (C=O) groups excluding carboxylic acids is 4. The molecule has 3 heterocycles. The Kier molecular flexibility index (Phi) is 12.3. The molecule has 3 aliphatic rings. The van der Waals surface area contributed by atoms with Gasteiger partial charge in [0.1, 0.15) is 18.2 Å². The summed E-state index contributed by atoms with van der Waals surface area (Å²) >= 11 is 0. The molecule has 2 N–H and O–H groups in total. The van der Waals surface area contributed by atoms with Crippen LogP contribution in [0.1, 0.15) is 69.5 Å². The van der Waals surface area contributed by atoms with E-state index in [1.807, 2.05) is 67.6 Å². The number of rotatable bonds is 18. The van der Waals surface area contributed by atoms with Crippen molar-refractivity contribution in [2.75, 3.05) is 19.8 Å². The van der Waals surface area contributed by atoms with Gasteiger partial charge in [-0.3, -0.25) is 19.2 Å². The molecule has 5 rings (SSSR count). The summed E-state index contributed by atoms with van der Waals surface area (Å²) < 4.78 is 12.3. The van der Waals surface area contributed by atoms with Crippen molar-refractivity contribution >= 4 is 23.7 Å². The van der Waals surface area contributed by atoms with E-state index in [9.17, 15) is 24.3 Å². The molecule has 268 valence electrons. The predicted molar refractivity (Wildman–Crippen MR) is 189 cm³/mol. The molecule has 10 heteroatoms. The number of hydrogen-bond acceptors (Lipinski definition) is 7. The van der Waals surface area contributed by atoms with Crippen LogP contribution in [-0.2, 0) is 35.1 Å². The van der Waals surface area contributed by atoms with Gasteiger partial charge in [0.2, 0.25) is 17.7 Å². The number of aliphatic hydroxyl groups is 1. The lowest BCUT2D eigenvalue weighted by atomic mass is 9.70. The summed E-state index contributed by atoms with van der Waals surface area (Å²) in [7, 11) is 0. The second-order valence-electron chi connectivity index (χ2n) is 13.7. The Morgan fingerprint density at radius 3 is 2.46 bits per heavy atom. The average molecular weight is 686 g/mol. The van der Waals surface area contributed by atoms with Crippen LogP contribution in [0.3, 0.4) is 0 Å². The number of fused-ring (bicyclic) bond motifs is 1. The molecule has 0 radical (unpaired) electrons. The van der Waals surface area contributed by atoms with Crippen LogP contribution in [0, 0.1) is 11.8 Å². The zero-order chi connectivity index (χ0) is 35.8. The number of benzene rings is 2. The van der Waals surface area contributed by atoms with Crippen molar-refractivity contribution in [1.82, 2.24) is 15.1 Å². The highest BCUT2D eigenvalue weighted by molar-refractivity contribution is 5.99. The Hall–Kier alpha value is -4.28. The van der Waals surface area contributed by atoms with Gasteiger partial charge >= 0.3 is 5.97 Å². The topological polar surface area (TPSA) is 125 Å². The number of aliphatic hydroxyl groups excluding tert-OH is 1. The number of amides is 3. The molecule has 1 spiro atoms. The van der Waals surface area contributed by atoms with Gasteiger partial charge < -0.3 is 29.7 Å². The summed E-state index contributed by atoms with van der Waals surface area (Å²) in [5.74, 6) is -3.24. The summed E-state index contributed by atoms with van der Waals surface area (Å²) in [5.41, 5.74) is 0.419. The van der Waals surface area contributed by atoms with Crippen LogP contribution in [0.5, 0.6) is 0 Å². The van der Waals surface area contributed by atoms with Crippen molar-refractivity contribution in [3.8, 4) is 0 Å². The lowest BCUT2D eigenvalue weighted by Gasteiger charge is -2.41. The number of likely N-dealkylation sites (tertiary alicyclic amines) is 1. The van der Waals surface area contributed by atoms with Gasteiger partial charge in [0.05, 0.1) is 36.6 Å². The number of hydrogen-bond donors (Lipinski definition) is 2. The van der Waals surface area contributed by atoms with Crippen molar-refractivity contribution in [2.24, 2.45) is 11.8 Å². The molecule has 3 amide bonds. The van der Waals surface area contributed by atoms with E-state index in [4.69, 9.17) is 9.47 Å². The summed E-state index contributed by atoms with van der Waals surface area (Å²) in [5, 5.41) is 13.9. The van der Waals surface area contributed by atoms with E-state index in [-0.39, 0.29) is 37.5 Å². The van der Waals surface area contributed by atoms with E-state index in [2.05, 4.69) is 25.4 Å². The van der Waals surface area contributed by atoms with Crippen LogP contribution < -0.4 is 5.32 Å². The van der Waals surface area contributed by atoms with Gasteiger partial charge in [0.25, 0.3) is 0 Å². The fourth-order valence-electron chi connectivity index (χ4n) is 8.20. The first-order valence-electron chi connectivity index (χ1n) is 17.9. The third kappa shape index (κ3) is 7.42. The fourth-order valence-corrected chi connectivity index (χ4v) is 8.20. The number of nitrogens with one attached hydrogen (secondary N) is 1. The van der Waals surface area contributed by atoms with Gasteiger partial charge in [-0.05, 0) is 50.2 Å². The molecule has 0 aliphatic carbocycles. The van der Waals surface area contributed by atoms with Crippen LogP contribution in [0.15, 0.2) is 86.0 Å². The lowest BCUT2D eigenvalue weighted by molar-refractivity contribution is -0.152. The van der Waals surface area contributed by atoms with Crippen molar-refractivity contribution < 1.29 is 33.8 Å². The molecule has 0 aromatic heterocycles. The quantitative estimate of drug-likeness (QED) is 0.175. The van der Waals surface area contributed by atoms with E-state index >= 15 is 0 Å². The molecule has 50 heavy (non-hydrogen) atoms. The maximum Gasteiger partial charge on any atom is 0.306 e. The third-order valence-electron chi connectivity index (χ3n) is 10.5. The molecule has 2 bridgehead atoms. The van der Waals surface area contributed by atoms with Gasteiger partial charge in [-0.25, -0.2) is 0 Å². The zero-order valence-corrected chi connectivity index (χ0v) is 29.2. The molecule has 1 unspecified atom stereocenters. The van der Waals surface area contributed by atoms with Crippen molar-refractivity contribution in [3.63, 3.8) is 0 Å². The van der Waals surface area contributed by atoms with Gasteiger partial charge in [0, 0.05) is 19.0 Å². The van der Waals surface area contributed by atoms with Crippen molar-refractivity contribution in [3.05, 3.63) is 97.1 Å². The first-order valence-corrected chi connectivity index (χ1v) is 17.9. The monoisotopic (exact) mass is 685 g/mol. The summed E-state index contributed by atoms with van der Waals surface area (Å²) in [6.07, 6.45) is 6.30. The molecule has 0 saturated carbocycles. The van der Waals surface area contributed by atoms with Crippen LogP contribution in [0.2, 0.25) is 0 Å². The van der Waals surface area contributed by atoms with E-state index in [0.29, 0.717) is 32.2 Å². The summed E-state index contributed by atoms with van der Waals surface area (Å²) in [6.45, 7) is 11.4. The first-order chi connectivity index (χ1) is 24.2. The zero-order valence-electron chi connectivity index (χ0n) is 29.2. The normalized spacial score (nSPS) is 25.3. The second kappa shape index (κ2) is 16.6. The molecule has 2 aromatic rings. The molecular weight excluding hydrogens is 634 g/mol. The Morgan fingerprint density at radius 1 is 1.12 bits per heavy atom.